The molecule has 6 nitrogen and oxygen atoms in total. The lowest BCUT2D eigenvalue weighted by molar-refractivity contribution is -0.138. The molecule has 1 aromatic carbocycles. The summed E-state index contributed by atoms with van der Waals surface area (Å²) in [5.74, 6) is -0.183. The Morgan fingerprint density at radius 2 is 2.00 bits per heavy atom. The molecule has 1 amide bonds. The van der Waals surface area contributed by atoms with Gasteiger partial charge in [0.05, 0.1) is 7.11 Å². The van der Waals surface area contributed by atoms with Crippen molar-refractivity contribution in [2.75, 3.05) is 13.7 Å². The summed E-state index contributed by atoms with van der Waals surface area (Å²) in [6, 6.07) is 5.44. The van der Waals surface area contributed by atoms with Gasteiger partial charge >= 0.3 is 5.97 Å². The summed E-state index contributed by atoms with van der Waals surface area (Å²) >= 11 is 0. The van der Waals surface area contributed by atoms with Crippen molar-refractivity contribution in [3.8, 4) is 11.5 Å². The zero-order valence-corrected chi connectivity index (χ0v) is 14.6. The fraction of sp³-hybridized carbons (Fsp3) is 0.444. The molecule has 1 aromatic rings. The van der Waals surface area contributed by atoms with Gasteiger partial charge in [0.2, 0.25) is 0 Å². The number of carboxylic acid groups (broad SMARTS) is 1. The number of amides is 1. The first kappa shape index (κ1) is 19.5. The van der Waals surface area contributed by atoms with Gasteiger partial charge in [-0.1, -0.05) is 18.2 Å². The quantitative estimate of drug-likeness (QED) is 0.725. The van der Waals surface area contributed by atoms with E-state index in [1.165, 1.54) is 7.11 Å². The maximum atomic E-state index is 12.0. The number of hydrogen-bond acceptors (Lipinski definition) is 4. The first-order valence-corrected chi connectivity index (χ1v) is 7.74. The first-order chi connectivity index (χ1) is 11.3. The van der Waals surface area contributed by atoms with Crippen molar-refractivity contribution in [3.05, 3.63) is 29.8 Å². The lowest BCUT2D eigenvalue weighted by atomic mass is 9.98. The average Bonchev–Trinajstić information content (AvgIpc) is 2.51. The number of rotatable bonds is 9. The molecular weight excluding hydrogens is 310 g/mol. The van der Waals surface area contributed by atoms with Crippen molar-refractivity contribution in [2.24, 2.45) is 0 Å². The standard InChI is InChI=1S/C18H25NO5/c1-5-6-13-7-8-14(15(11-13)23-4)24-12-16(20)19-18(2,3)10-9-17(21)22/h5-8,11H,9-10,12H2,1-4H3,(H,19,20)(H,21,22)/b6-5+. The van der Waals surface area contributed by atoms with Gasteiger partial charge < -0.3 is 19.9 Å². The zero-order chi connectivity index (χ0) is 18.2. The van der Waals surface area contributed by atoms with Gasteiger partial charge in [-0.25, -0.2) is 0 Å². The van der Waals surface area contributed by atoms with Gasteiger partial charge in [0.15, 0.2) is 18.1 Å². The summed E-state index contributed by atoms with van der Waals surface area (Å²) in [4.78, 5) is 22.6. The van der Waals surface area contributed by atoms with E-state index in [0.717, 1.165) is 5.56 Å². The maximum absolute atomic E-state index is 12.0. The van der Waals surface area contributed by atoms with Gasteiger partial charge in [-0.2, -0.15) is 0 Å². The van der Waals surface area contributed by atoms with Crippen LogP contribution in [0.3, 0.4) is 0 Å². The van der Waals surface area contributed by atoms with Crippen molar-refractivity contribution in [2.45, 2.75) is 39.2 Å². The number of methoxy groups -OCH3 is 1. The molecule has 0 unspecified atom stereocenters. The van der Waals surface area contributed by atoms with Gasteiger partial charge in [0.25, 0.3) is 5.91 Å². The normalized spacial score (nSPS) is 11.3. The molecular formula is C18H25NO5. The van der Waals surface area contributed by atoms with E-state index in [-0.39, 0.29) is 18.9 Å². The topological polar surface area (TPSA) is 84.9 Å². The predicted molar refractivity (Wildman–Crippen MR) is 92.3 cm³/mol. The largest absolute Gasteiger partial charge is 0.493 e. The number of benzene rings is 1. The second-order valence-corrected chi connectivity index (χ2v) is 6.02. The minimum absolute atomic E-state index is 0.00559. The van der Waals surface area contributed by atoms with Gasteiger partial charge in [0.1, 0.15) is 0 Å². The monoisotopic (exact) mass is 335 g/mol. The van der Waals surface area contributed by atoms with Crippen LogP contribution in [-0.4, -0.2) is 36.2 Å². The Hall–Kier alpha value is -2.50. The summed E-state index contributed by atoms with van der Waals surface area (Å²) in [6.45, 7) is 5.31. The van der Waals surface area contributed by atoms with Gasteiger partial charge in [-0.15, -0.1) is 0 Å². The van der Waals surface area contributed by atoms with Crippen LogP contribution in [0.1, 0.15) is 39.2 Å². The summed E-state index contributed by atoms with van der Waals surface area (Å²) in [5.41, 5.74) is 0.361. The number of allylic oxidation sites excluding steroid dienone is 1. The van der Waals surface area contributed by atoms with Crippen LogP contribution in [0.25, 0.3) is 6.08 Å². The van der Waals surface area contributed by atoms with Crippen molar-refractivity contribution >= 4 is 18.0 Å². The summed E-state index contributed by atoms with van der Waals surface area (Å²) in [7, 11) is 1.54. The Morgan fingerprint density at radius 1 is 1.29 bits per heavy atom. The van der Waals surface area contributed by atoms with Crippen molar-refractivity contribution in [1.29, 1.82) is 0 Å². The van der Waals surface area contributed by atoms with E-state index < -0.39 is 11.5 Å². The molecule has 0 radical (unpaired) electrons. The molecule has 0 fully saturated rings. The third kappa shape index (κ3) is 6.73. The molecule has 24 heavy (non-hydrogen) atoms. The first-order valence-electron chi connectivity index (χ1n) is 7.74. The molecule has 0 bridgehead atoms. The molecule has 0 spiro atoms. The van der Waals surface area contributed by atoms with Gasteiger partial charge in [-0.05, 0) is 44.9 Å². The van der Waals surface area contributed by atoms with Crippen LogP contribution in [0.5, 0.6) is 11.5 Å². The Kier molecular flexibility index (Phi) is 7.30. The molecule has 0 aromatic heterocycles. The summed E-state index contributed by atoms with van der Waals surface area (Å²) in [6.07, 6.45) is 4.19. The van der Waals surface area contributed by atoms with E-state index in [1.807, 2.05) is 31.2 Å². The smallest absolute Gasteiger partial charge is 0.303 e. The second kappa shape index (κ2) is 8.96. The molecule has 0 saturated heterocycles. The van der Waals surface area contributed by atoms with E-state index >= 15 is 0 Å². The van der Waals surface area contributed by atoms with Crippen LogP contribution < -0.4 is 14.8 Å². The predicted octanol–water partition coefficient (Wildman–Crippen LogP) is 2.87. The molecule has 2 N–H and O–H groups in total. The number of carbonyl (C=O) groups excluding carboxylic acids is 1. The third-order valence-electron chi connectivity index (χ3n) is 3.35. The molecule has 0 heterocycles. The zero-order valence-electron chi connectivity index (χ0n) is 14.6. The van der Waals surface area contributed by atoms with Crippen molar-refractivity contribution in [1.82, 2.24) is 5.32 Å². The highest BCUT2D eigenvalue weighted by atomic mass is 16.5. The molecule has 0 atom stereocenters. The van der Waals surface area contributed by atoms with Crippen molar-refractivity contribution in [3.63, 3.8) is 0 Å². The van der Waals surface area contributed by atoms with Crippen LogP contribution in [0.15, 0.2) is 24.3 Å². The highest BCUT2D eigenvalue weighted by Gasteiger charge is 2.21. The van der Waals surface area contributed by atoms with Crippen LogP contribution in [0.4, 0.5) is 0 Å². The maximum Gasteiger partial charge on any atom is 0.303 e. The van der Waals surface area contributed by atoms with E-state index in [0.29, 0.717) is 17.9 Å². The SMILES string of the molecule is C/C=C/c1ccc(OCC(=O)NC(C)(C)CCC(=O)O)c(OC)c1. The molecule has 6 heteroatoms. The van der Waals surface area contributed by atoms with E-state index in [2.05, 4.69) is 5.32 Å². The van der Waals surface area contributed by atoms with Gasteiger partial charge in [0, 0.05) is 12.0 Å². The summed E-state index contributed by atoms with van der Waals surface area (Å²) < 4.78 is 10.8. The minimum atomic E-state index is -0.889. The number of carbonyl (C=O) groups is 2. The van der Waals surface area contributed by atoms with Crippen LogP contribution >= 0.6 is 0 Å². The molecule has 132 valence electrons. The third-order valence-corrected chi connectivity index (χ3v) is 3.35. The van der Waals surface area contributed by atoms with Crippen molar-refractivity contribution < 1.29 is 24.2 Å². The molecule has 0 aliphatic carbocycles. The fourth-order valence-corrected chi connectivity index (χ4v) is 2.14. The van der Waals surface area contributed by atoms with Crippen LogP contribution in [0.2, 0.25) is 0 Å². The van der Waals surface area contributed by atoms with E-state index in [1.54, 1.807) is 19.9 Å². The van der Waals surface area contributed by atoms with Crippen LogP contribution in [0, 0.1) is 0 Å². The highest BCUT2D eigenvalue weighted by Crippen LogP contribution is 2.28. The number of ether oxygens (including phenoxy) is 2. The Labute approximate surface area is 142 Å². The Morgan fingerprint density at radius 3 is 2.58 bits per heavy atom. The number of nitrogens with one attached hydrogen (secondary N) is 1. The molecule has 0 aliphatic heterocycles. The Balaban J connectivity index is 2.62. The number of carboxylic acids is 1. The van der Waals surface area contributed by atoms with Crippen LogP contribution in [-0.2, 0) is 9.59 Å². The minimum Gasteiger partial charge on any atom is -0.493 e. The summed E-state index contributed by atoms with van der Waals surface area (Å²) in [5, 5.41) is 11.5. The molecule has 1 rings (SSSR count). The van der Waals surface area contributed by atoms with E-state index in [9.17, 15) is 9.59 Å². The highest BCUT2D eigenvalue weighted by molar-refractivity contribution is 5.78. The number of hydrogen-bond donors (Lipinski definition) is 2. The second-order valence-electron chi connectivity index (χ2n) is 6.02. The Bertz CT molecular complexity index is 607. The molecule has 0 saturated carbocycles. The van der Waals surface area contributed by atoms with Gasteiger partial charge in [-0.3, -0.25) is 9.59 Å². The lowest BCUT2D eigenvalue weighted by Crippen LogP contribution is -2.45. The lowest BCUT2D eigenvalue weighted by Gasteiger charge is -2.25. The fourth-order valence-electron chi connectivity index (χ4n) is 2.14. The average molecular weight is 335 g/mol. The van der Waals surface area contributed by atoms with E-state index in [4.69, 9.17) is 14.6 Å². The molecule has 0 aliphatic rings. The number of aliphatic carboxylic acids is 1.